The third-order valence-electron chi connectivity index (χ3n) is 7.14. The van der Waals surface area contributed by atoms with E-state index >= 15 is 0 Å². The number of likely N-dealkylation sites (tertiary alicyclic amines) is 1. The Kier molecular flexibility index (Phi) is 8.32. The second-order valence-corrected chi connectivity index (χ2v) is 9.82. The van der Waals surface area contributed by atoms with Gasteiger partial charge in [0.1, 0.15) is 11.3 Å². The first-order valence-electron chi connectivity index (χ1n) is 12.9. The minimum Gasteiger partial charge on any atom is -0.468 e. The molecule has 0 radical (unpaired) electrons. The van der Waals surface area contributed by atoms with Gasteiger partial charge in [-0.2, -0.15) is 13.2 Å². The van der Waals surface area contributed by atoms with Gasteiger partial charge in [-0.3, -0.25) is 14.4 Å². The lowest BCUT2D eigenvalue weighted by Crippen LogP contribution is -2.68. The van der Waals surface area contributed by atoms with Crippen LogP contribution in [0.4, 0.5) is 13.2 Å². The molecule has 39 heavy (non-hydrogen) atoms. The number of rotatable bonds is 10. The van der Waals surface area contributed by atoms with Crippen LogP contribution in [0.25, 0.3) is 10.8 Å². The van der Waals surface area contributed by atoms with Crippen molar-refractivity contribution in [1.29, 1.82) is 0 Å². The second-order valence-electron chi connectivity index (χ2n) is 9.82. The molecule has 7 nitrogen and oxygen atoms in total. The van der Waals surface area contributed by atoms with E-state index in [1.54, 1.807) is 20.1 Å². The summed E-state index contributed by atoms with van der Waals surface area (Å²) in [4.78, 5) is 42.0. The molecule has 2 amide bonds. The highest BCUT2D eigenvalue weighted by Crippen LogP contribution is 2.35. The van der Waals surface area contributed by atoms with Gasteiger partial charge < -0.3 is 19.0 Å². The number of carbonyl (C=O) groups excluding carboxylic acids is 3. The van der Waals surface area contributed by atoms with E-state index in [1.165, 1.54) is 21.9 Å². The number of carbonyl (C=O) groups is 3. The zero-order chi connectivity index (χ0) is 28.2. The van der Waals surface area contributed by atoms with Crippen LogP contribution >= 0.6 is 0 Å². The van der Waals surface area contributed by atoms with Crippen molar-refractivity contribution in [3.63, 3.8) is 0 Å². The van der Waals surface area contributed by atoms with E-state index < -0.39 is 23.2 Å². The van der Waals surface area contributed by atoms with E-state index in [-0.39, 0.29) is 44.4 Å². The van der Waals surface area contributed by atoms with Crippen LogP contribution in [0.15, 0.2) is 59.2 Å². The minimum atomic E-state index is -4.47. The minimum absolute atomic E-state index is 0.00184. The van der Waals surface area contributed by atoms with Crippen LogP contribution in [0.3, 0.4) is 0 Å². The smallest absolute Gasteiger partial charge is 0.416 e. The standard InChI is InChI=1S/C29H31F3N2O5/c1-3-38-26(36)9-6-15-33(18-20-10-12-22(13-11-20)29(30,31)32)27(37)28(2)14-16-34(28)25(35)17-24-23-8-5-4-7-21(23)19-39-24/h4-5,7-8,10-13,19H,3,6,9,14-18H2,1-2H3. The predicted octanol–water partition coefficient (Wildman–Crippen LogP) is 5.36. The van der Waals surface area contributed by atoms with Crippen LogP contribution in [0.2, 0.25) is 0 Å². The Labute approximate surface area is 224 Å². The van der Waals surface area contributed by atoms with Crippen molar-refractivity contribution < 1.29 is 36.7 Å². The molecule has 1 aliphatic rings. The lowest BCUT2D eigenvalue weighted by molar-refractivity contribution is -0.164. The van der Waals surface area contributed by atoms with Crippen LogP contribution in [0.5, 0.6) is 0 Å². The van der Waals surface area contributed by atoms with Crippen LogP contribution < -0.4 is 0 Å². The molecule has 1 atom stereocenters. The Balaban J connectivity index is 1.49. The molecule has 1 unspecified atom stereocenters. The summed E-state index contributed by atoms with van der Waals surface area (Å²) in [6.07, 6.45) is -2.03. The number of halogens is 3. The molecule has 0 saturated carbocycles. The number of alkyl halides is 3. The average molecular weight is 545 g/mol. The first kappa shape index (κ1) is 28.2. The lowest BCUT2D eigenvalue weighted by atomic mass is 9.84. The Morgan fingerprint density at radius 3 is 2.46 bits per heavy atom. The number of fused-ring (bicyclic) bond motifs is 1. The first-order chi connectivity index (χ1) is 18.5. The Morgan fingerprint density at radius 2 is 1.82 bits per heavy atom. The molecule has 0 N–H and O–H groups in total. The summed E-state index contributed by atoms with van der Waals surface area (Å²) in [5, 5.41) is 1.72. The number of nitrogens with zero attached hydrogens (tertiary/aromatic N) is 2. The maximum atomic E-state index is 13.8. The number of furan rings is 1. The maximum absolute atomic E-state index is 13.8. The molecule has 1 aromatic heterocycles. The molecule has 0 aliphatic carbocycles. The third-order valence-corrected chi connectivity index (χ3v) is 7.14. The zero-order valence-electron chi connectivity index (χ0n) is 21.9. The summed E-state index contributed by atoms with van der Waals surface area (Å²) in [5.74, 6) is -0.446. The molecule has 1 fully saturated rings. The van der Waals surface area contributed by atoms with Gasteiger partial charge in [0.2, 0.25) is 11.8 Å². The first-order valence-corrected chi connectivity index (χ1v) is 12.9. The van der Waals surface area contributed by atoms with E-state index in [0.29, 0.717) is 30.7 Å². The fourth-order valence-electron chi connectivity index (χ4n) is 4.86. The Bertz CT molecular complexity index is 1330. The van der Waals surface area contributed by atoms with Crippen molar-refractivity contribution in [1.82, 2.24) is 9.80 Å². The Hall–Kier alpha value is -3.82. The Morgan fingerprint density at radius 1 is 1.10 bits per heavy atom. The number of ether oxygens (including phenoxy) is 1. The fourth-order valence-corrected chi connectivity index (χ4v) is 4.86. The quantitative estimate of drug-likeness (QED) is 0.321. The highest BCUT2D eigenvalue weighted by atomic mass is 19.4. The molecule has 2 heterocycles. The van der Waals surface area contributed by atoms with Crippen molar-refractivity contribution >= 4 is 28.6 Å². The molecule has 1 saturated heterocycles. The van der Waals surface area contributed by atoms with Gasteiger partial charge in [-0.25, -0.2) is 0 Å². The number of hydrogen-bond donors (Lipinski definition) is 0. The van der Waals surface area contributed by atoms with Crippen LogP contribution in [0.1, 0.15) is 50.0 Å². The number of amides is 2. The molecule has 0 bridgehead atoms. The normalized spacial score (nSPS) is 17.1. The molecule has 1 aliphatic heterocycles. The molecule has 3 aromatic rings. The SMILES string of the molecule is CCOC(=O)CCCN(Cc1ccc(C(F)(F)F)cc1)C(=O)C1(C)CCN1C(=O)Cc1occ2ccccc12. The van der Waals surface area contributed by atoms with Crippen LogP contribution in [-0.4, -0.2) is 52.8 Å². The molecule has 2 aromatic carbocycles. The van der Waals surface area contributed by atoms with Gasteiger partial charge in [-0.05, 0) is 44.4 Å². The fraction of sp³-hybridized carbons (Fsp3) is 0.414. The van der Waals surface area contributed by atoms with Crippen molar-refractivity contribution in [2.45, 2.75) is 57.8 Å². The summed E-state index contributed by atoms with van der Waals surface area (Å²) >= 11 is 0. The number of esters is 1. The highest BCUT2D eigenvalue weighted by molar-refractivity contribution is 5.95. The molecule has 10 heteroatoms. The van der Waals surface area contributed by atoms with E-state index in [2.05, 4.69) is 0 Å². The average Bonchev–Trinajstić information content (AvgIpc) is 3.29. The van der Waals surface area contributed by atoms with Crippen LogP contribution in [-0.2, 0) is 38.3 Å². The summed E-state index contributed by atoms with van der Waals surface area (Å²) in [6, 6.07) is 12.1. The summed E-state index contributed by atoms with van der Waals surface area (Å²) in [7, 11) is 0. The van der Waals surface area contributed by atoms with Gasteiger partial charge in [0.15, 0.2) is 0 Å². The van der Waals surface area contributed by atoms with E-state index in [9.17, 15) is 27.6 Å². The van der Waals surface area contributed by atoms with E-state index in [1.807, 2.05) is 24.3 Å². The van der Waals surface area contributed by atoms with Gasteiger partial charge in [-0.1, -0.05) is 36.4 Å². The molecule has 208 valence electrons. The topological polar surface area (TPSA) is 80.1 Å². The second kappa shape index (κ2) is 11.5. The molecular formula is C29H31F3N2O5. The van der Waals surface area contributed by atoms with Crippen molar-refractivity contribution in [3.8, 4) is 0 Å². The van der Waals surface area contributed by atoms with Gasteiger partial charge in [0.05, 0.1) is 24.9 Å². The van der Waals surface area contributed by atoms with Crippen molar-refractivity contribution in [2.24, 2.45) is 0 Å². The molecular weight excluding hydrogens is 513 g/mol. The monoisotopic (exact) mass is 544 g/mol. The van der Waals surface area contributed by atoms with E-state index in [4.69, 9.17) is 9.15 Å². The van der Waals surface area contributed by atoms with E-state index in [0.717, 1.165) is 22.9 Å². The summed E-state index contributed by atoms with van der Waals surface area (Å²) in [5.41, 5.74) is -1.38. The predicted molar refractivity (Wildman–Crippen MR) is 137 cm³/mol. The largest absolute Gasteiger partial charge is 0.468 e. The molecule has 0 spiro atoms. The van der Waals surface area contributed by atoms with Gasteiger partial charge >= 0.3 is 12.1 Å². The lowest BCUT2D eigenvalue weighted by Gasteiger charge is -2.51. The van der Waals surface area contributed by atoms with Crippen molar-refractivity contribution in [2.75, 3.05) is 19.7 Å². The molecule has 4 rings (SSSR count). The summed E-state index contributed by atoms with van der Waals surface area (Å²) < 4.78 is 49.6. The number of hydrogen-bond acceptors (Lipinski definition) is 5. The van der Waals surface area contributed by atoms with Gasteiger partial charge in [0.25, 0.3) is 0 Å². The maximum Gasteiger partial charge on any atom is 0.416 e. The summed E-state index contributed by atoms with van der Waals surface area (Å²) in [6.45, 7) is 4.26. The van der Waals surface area contributed by atoms with Gasteiger partial charge in [-0.15, -0.1) is 0 Å². The van der Waals surface area contributed by atoms with Crippen molar-refractivity contribution in [3.05, 3.63) is 71.7 Å². The zero-order valence-corrected chi connectivity index (χ0v) is 21.9. The third kappa shape index (κ3) is 6.26. The highest BCUT2D eigenvalue weighted by Gasteiger charge is 2.51. The van der Waals surface area contributed by atoms with Crippen LogP contribution in [0, 0.1) is 0 Å². The number of benzene rings is 2. The van der Waals surface area contributed by atoms with Gasteiger partial charge in [0, 0.05) is 36.8 Å².